The van der Waals surface area contributed by atoms with Crippen LogP contribution in [0.1, 0.15) is 56.6 Å². The molecule has 1 aliphatic heterocycles. The number of hydrogen-bond acceptors (Lipinski definition) is 4. The van der Waals surface area contributed by atoms with Crippen LogP contribution in [0.3, 0.4) is 0 Å². The fraction of sp³-hybridized carbons (Fsp3) is 0.619. The number of nitrogens with zero attached hydrogens (tertiary/aromatic N) is 2. The monoisotopic (exact) mass is 389 g/mol. The Morgan fingerprint density at radius 2 is 1.96 bits per heavy atom. The minimum absolute atomic E-state index is 0.134. The Balaban J connectivity index is 1.22. The van der Waals surface area contributed by atoms with Crippen LogP contribution in [0.5, 0.6) is 0 Å². The first-order chi connectivity index (χ1) is 13.6. The highest BCUT2D eigenvalue weighted by molar-refractivity contribution is 5.79. The summed E-state index contributed by atoms with van der Waals surface area (Å²) < 4.78 is 18.7. The predicted molar refractivity (Wildman–Crippen MR) is 104 cm³/mol. The van der Waals surface area contributed by atoms with Gasteiger partial charge in [0.25, 0.3) is 0 Å². The van der Waals surface area contributed by atoms with E-state index in [1.807, 2.05) is 0 Å². The third-order valence-electron chi connectivity index (χ3n) is 6.46. The largest absolute Gasteiger partial charge is 0.465 e. The van der Waals surface area contributed by atoms with E-state index in [9.17, 15) is 9.18 Å². The standard InChI is InChI=1S/C21H28FN3O3/c22-16-3-6-18-19(13-16)28-24-20(18)15-8-11-25(12-9-15)10-7-14-1-4-17(5-2-14)23-21(26)27/h3,6,13-15,17,23H,1-2,4-5,7-12H2,(H,26,27). The Morgan fingerprint density at radius 1 is 1.21 bits per heavy atom. The number of aromatic nitrogens is 1. The second kappa shape index (κ2) is 8.47. The lowest BCUT2D eigenvalue weighted by Crippen LogP contribution is -2.38. The van der Waals surface area contributed by atoms with E-state index in [2.05, 4.69) is 15.4 Å². The van der Waals surface area contributed by atoms with Crippen LogP contribution in [-0.2, 0) is 0 Å². The number of carbonyl (C=O) groups is 1. The molecule has 6 nitrogen and oxygen atoms in total. The van der Waals surface area contributed by atoms with Crippen LogP contribution < -0.4 is 5.32 Å². The molecule has 1 aromatic heterocycles. The Morgan fingerprint density at radius 3 is 2.68 bits per heavy atom. The van der Waals surface area contributed by atoms with Crippen molar-refractivity contribution in [2.24, 2.45) is 5.92 Å². The second-order valence-corrected chi connectivity index (χ2v) is 8.28. The average molecular weight is 389 g/mol. The first-order valence-corrected chi connectivity index (χ1v) is 10.3. The molecule has 1 saturated heterocycles. The molecule has 1 amide bonds. The van der Waals surface area contributed by atoms with Crippen LogP contribution in [0.2, 0.25) is 0 Å². The van der Waals surface area contributed by atoms with E-state index in [-0.39, 0.29) is 11.9 Å². The van der Waals surface area contributed by atoms with Gasteiger partial charge < -0.3 is 19.8 Å². The Kier molecular flexibility index (Phi) is 5.80. The molecule has 2 fully saturated rings. The van der Waals surface area contributed by atoms with Gasteiger partial charge in [0, 0.05) is 23.4 Å². The van der Waals surface area contributed by atoms with Gasteiger partial charge in [0.15, 0.2) is 5.58 Å². The van der Waals surface area contributed by atoms with E-state index in [1.54, 1.807) is 6.07 Å². The molecule has 1 saturated carbocycles. The second-order valence-electron chi connectivity index (χ2n) is 8.28. The zero-order valence-corrected chi connectivity index (χ0v) is 16.1. The van der Waals surface area contributed by atoms with Crippen molar-refractivity contribution >= 4 is 17.1 Å². The van der Waals surface area contributed by atoms with E-state index < -0.39 is 6.09 Å². The van der Waals surface area contributed by atoms with Gasteiger partial charge in [0.2, 0.25) is 0 Å². The molecular formula is C21H28FN3O3. The number of halogens is 1. The zero-order valence-electron chi connectivity index (χ0n) is 16.1. The van der Waals surface area contributed by atoms with E-state index in [0.29, 0.717) is 17.4 Å². The highest BCUT2D eigenvalue weighted by Gasteiger charge is 2.27. The number of nitrogens with one attached hydrogen (secondary N) is 1. The van der Waals surface area contributed by atoms with Crippen LogP contribution in [-0.4, -0.2) is 46.9 Å². The summed E-state index contributed by atoms with van der Waals surface area (Å²) in [5.74, 6) is 0.789. The summed E-state index contributed by atoms with van der Waals surface area (Å²) in [5.41, 5.74) is 1.50. The molecule has 0 radical (unpaired) electrons. The number of amides is 1. The molecule has 0 unspecified atom stereocenters. The van der Waals surface area contributed by atoms with Crippen molar-refractivity contribution in [1.82, 2.24) is 15.4 Å². The SMILES string of the molecule is O=C(O)NC1CCC(CCN2CCC(c3noc4cc(F)ccc34)CC2)CC1. The quantitative estimate of drug-likeness (QED) is 0.794. The average Bonchev–Trinajstić information content (AvgIpc) is 3.10. The van der Waals surface area contributed by atoms with E-state index in [4.69, 9.17) is 9.63 Å². The Bertz CT molecular complexity index is 808. The van der Waals surface area contributed by atoms with Crippen molar-refractivity contribution < 1.29 is 18.8 Å². The normalized spacial score (nSPS) is 24.5. The molecule has 1 aromatic carbocycles. The van der Waals surface area contributed by atoms with Gasteiger partial charge in [-0.3, -0.25) is 0 Å². The Labute approximate surface area is 164 Å². The molecule has 2 N–H and O–H groups in total. The molecule has 4 rings (SSSR count). The molecule has 152 valence electrons. The highest BCUT2D eigenvalue weighted by Crippen LogP contribution is 2.33. The number of likely N-dealkylation sites (tertiary alicyclic amines) is 1. The summed E-state index contributed by atoms with van der Waals surface area (Å²) in [4.78, 5) is 13.3. The summed E-state index contributed by atoms with van der Waals surface area (Å²) in [5, 5.41) is 16.6. The maximum Gasteiger partial charge on any atom is 0.404 e. The minimum atomic E-state index is -0.906. The minimum Gasteiger partial charge on any atom is -0.465 e. The van der Waals surface area contributed by atoms with Gasteiger partial charge in [-0.15, -0.1) is 0 Å². The molecule has 2 aliphatic rings. The number of rotatable bonds is 5. The fourth-order valence-electron chi connectivity index (χ4n) is 4.79. The van der Waals surface area contributed by atoms with Crippen LogP contribution in [0, 0.1) is 11.7 Å². The first kappa shape index (κ1) is 19.2. The molecule has 1 aliphatic carbocycles. The third-order valence-corrected chi connectivity index (χ3v) is 6.46. The molecule has 0 bridgehead atoms. The van der Waals surface area contributed by atoms with Crippen LogP contribution >= 0.6 is 0 Å². The first-order valence-electron chi connectivity index (χ1n) is 10.3. The van der Waals surface area contributed by atoms with E-state index in [1.165, 1.54) is 18.6 Å². The predicted octanol–water partition coefficient (Wildman–Crippen LogP) is 4.36. The maximum absolute atomic E-state index is 13.3. The van der Waals surface area contributed by atoms with Crippen molar-refractivity contribution in [1.29, 1.82) is 0 Å². The number of piperidine rings is 1. The van der Waals surface area contributed by atoms with Gasteiger partial charge >= 0.3 is 6.09 Å². The maximum atomic E-state index is 13.3. The molecular weight excluding hydrogens is 361 g/mol. The molecule has 2 aromatic rings. The van der Waals surface area contributed by atoms with Crippen molar-refractivity contribution in [2.45, 2.75) is 56.9 Å². The number of benzene rings is 1. The van der Waals surface area contributed by atoms with Gasteiger partial charge in [-0.05, 0) is 82.6 Å². The molecule has 0 atom stereocenters. The summed E-state index contributed by atoms with van der Waals surface area (Å²) >= 11 is 0. The van der Waals surface area contributed by atoms with Gasteiger partial charge in [-0.1, -0.05) is 5.16 Å². The van der Waals surface area contributed by atoms with Gasteiger partial charge in [0.1, 0.15) is 5.82 Å². The number of hydrogen-bond donors (Lipinski definition) is 2. The topological polar surface area (TPSA) is 78.6 Å². The number of fused-ring (bicyclic) bond motifs is 1. The van der Waals surface area contributed by atoms with Gasteiger partial charge in [-0.25, -0.2) is 9.18 Å². The smallest absolute Gasteiger partial charge is 0.404 e. The lowest BCUT2D eigenvalue weighted by molar-refractivity contribution is 0.171. The Hall–Kier alpha value is -2.15. The van der Waals surface area contributed by atoms with Crippen molar-refractivity contribution in [3.05, 3.63) is 29.7 Å². The van der Waals surface area contributed by atoms with Crippen LogP contribution in [0.4, 0.5) is 9.18 Å². The highest BCUT2D eigenvalue weighted by atomic mass is 19.1. The van der Waals surface area contributed by atoms with Crippen molar-refractivity contribution in [3.63, 3.8) is 0 Å². The molecule has 2 heterocycles. The van der Waals surface area contributed by atoms with E-state index in [0.717, 1.165) is 69.2 Å². The van der Waals surface area contributed by atoms with E-state index >= 15 is 0 Å². The van der Waals surface area contributed by atoms with Gasteiger partial charge in [0.05, 0.1) is 5.69 Å². The molecule has 7 heteroatoms. The van der Waals surface area contributed by atoms with Gasteiger partial charge in [-0.2, -0.15) is 0 Å². The van der Waals surface area contributed by atoms with Crippen molar-refractivity contribution in [3.8, 4) is 0 Å². The summed E-state index contributed by atoms with van der Waals surface area (Å²) in [6, 6.07) is 4.79. The summed E-state index contributed by atoms with van der Waals surface area (Å²) in [6.45, 7) is 3.21. The summed E-state index contributed by atoms with van der Waals surface area (Å²) in [7, 11) is 0. The van der Waals surface area contributed by atoms with Crippen LogP contribution in [0.15, 0.2) is 22.7 Å². The van der Waals surface area contributed by atoms with Crippen molar-refractivity contribution in [2.75, 3.05) is 19.6 Å². The fourth-order valence-corrected chi connectivity index (χ4v) is 4.79. The van der Waals surface area contributed by atoms with Crippen LogP contribution in [0.25, 0.3) is 11.0 Å². The summed E-state index contributed by atoms with van der Waals surface area (Å²) in [6.07, 6.45) is 6.53. The lowest BCUT2D eigenvalue weighted by Gasteiger charge is -2.33. The third kappa shape index (κ3) is 4.46. The number of carboxylic acid groups (broad SMARTS) is 1. The lowest BCUT2D eigenvalue weighted by atomic mass is 9.84. The zero-order chi connectivity index (χ0) is 19.5. The molecule has 0 spiro atoms. The molecule has 28 heavy (non-hydrogen) atoms.